The predicted octanol–water partition coefficient (Wildman–Crippen LogP) is 3.05. The fraction of sp³-hybridized carbons (Fsp3) is 0.267. The first-order valence-corrected chi connectivity index (χ1v) is 8.64. The predicted molar refractivity (Wildman–Crippen MR) is 85.9 cm³/mol. The van der Waals surface area contributed by atoms with E-state index in [0.29, 0.717) is 22.0 Å². The molecule has 0 saturated carbocycles. The number of halogens is 1. The molecule has 1 aromatic heterocycles. The molecule has 0 saturated heterocycles. The molecule has 0 unspecified atom stereocenters. The van der Waals surface area contributed by atoms with Gasteiger partial charge in [0.05, 0.1) is 17.2 Å². The minimum atomic E-state index is -3.31. The van der Waals surface area contributed by atoms with Gasteiger partial charge in [-0.3, -0.25) is 4.98 Å². The third kappa shape index (κ3) is 3.95. The van der Waals surface area contributed by atoms with E-state index in [1.54, 1.807) is 37.4 Å². The van der Waals surface area contributed by atoms with Crippen LogP contribution in [0.3, 0.4) is 0 Å². The van der Waals surface area contributed by atoms with E-state index in [0.717, 1.165) is 11.1 Å². The first-order chi connectivity index (χ1) is 9.78. The van der Waals surface area contributed by atoms with Gasteiger partial charge in [0, 0.05) is 16.9 Å². The molecule has 2 rings (SSSR count). The second kappa shape index (κ2) is 6.03. The Hall–Kier alpha value is -1.59. The van der Waals surface area contributed by atoms with Crippen molar-refractivity contribution in [1.29, 1.82) is 0 Å². The fourth-order valence-corrected chi connectivity index (χ4v) is 3.67. The van der Waals surface area contributed by atoms with Crippen molar-refractivity contribution in [3.8, 4) is 0 Å². The Kier molecular flexibility index (Phi) is 4.54. The topological polar surface area (TPSA) is 73.0 Å². The third-order valence-corrected chi connectivity index (χ3v) is 5.07. The van der Waals surface area contributed by atoms with Crippen molar-refractivity contribution in [3.05, 3.63) is 57.9 Å². The molecule has 0 bridgehead atoms. The van der Waals surface area contributed by atoms with Gasteiger partial charge >= 0.3 is 0 Å². The summed E-state index contributed by atoms with van der Waals surface area (Å²) in [6.07, 6.45) is 1.61. The van der Waals surface area contributed by atoms with Crippen LogP contribution in [0.25, 0.3) is 0 Å². The second-order valence-corrected chi connectivity index (χ2v) is 7.59. The van der Waals surface area contributed by atoms with E-state index in [-0.39, 0.29) is 11.5 Å². The van der Waals surface area contributed by atoms with E-state index < -0.39 is 9.84 Å². The lowest BCUT2D eigenvalue weighted by Crippen LogP contribution is -2.11. The van der Waals surface area contributed by atoms with Crippen molar-refractivity contribution in [2.45, 2.75) is 25.4 Å². The third-order valence-electron chi connectivity index (χ3n) is 3.33. The van der Waals surface area contributed by atoms with Crippen molar-refractivity contribution in [2.75, 3.05) is 5.73 Å². The summed E-state index contributed by atoms with van der Waals surface area (Å²) < 4.78 is 24.6. The summed E-state index contributed by atoms with van der Waals surface area (Å²) in [7, 11) is -3.31. The summed E-state index contributed by atoms with van der Waals surface area (Å²) in [6.45, 7) is 3.64. The second-order valence-electron chi connectivity index (χ2n) is 5.09. The molecule has 2 aromatic rings. The normalized spacial score (nSPS) is 11.6. The zero-order chi connectivity index (χ0) is 15.6. The van der Waals surface area contributed by atoms with Gasteiger partial charge in [0.1, 0.15) is 0 Å². The highest BCUT2D eigenvalue weighted by atomic mass is 35.5. The Morgan fingerprint density at radius 1 is 1.14 bits per heavy atom. The van der Waals surface area contributed by atoms with Gasteiger partial charge in [-0.25, -0.2) is 8.42 Å². The van der Waals surface area contributed by atoms with Crippen LogP contribution in [0.4, 0.5) is 5.69 Å². The standard InChI is InChI=1S/C15H17ClN2O2S/c1-10-7-18-14(11(2)15(10)17)9-21(19,20)8-12-3-5-13(16)6-4-12/h3-7H,8-9H2,1-2H3,(H2,17,18). The molecule has 1 aromatic carbocycles. The van der Waals surface area contributed by atoms with Crippen molar-refractivity contribution in [1.82, 2.24) is 4.98 Å². The van der Waals surface area contributed by atoms with Crippen molar-refractivity contribution >= 4 is 27.1 Å². The lowest BCUT2D eigenvalue weighted by Gasteiger charge is -2.10. The number of benzene rings is 1. The summed E-state index contributed by atoms with van der Waals surface area (Å²) in [5.41, 5.74) is 9.32. The molecule has 0 aliphatic rings. The van der Waals surface area contributed by atoms with Gasteiger partial charge in [0.15, 0.2) is 9.84 Å². The lowest BCUT2D eigenvalue weighted by molar-refractivity contribution is 0.593. The van der Waals surface area contributed by atoms with Crippen LogP contribution in [0.5, 0.6) is 0 Å². The van der Waals surface area contributed by atoms with E-state index in [1.165, 1.54) is 0 Å². The Morgan fingerprint density at radius 2 is 1.76 bits per heavy atom. The number of aryl methyl sites for hydroxylation is 1. The van der Waals surface area contributed by atoms with Crippen LogP contribution in [0.1, 0.15) is 22.4 Å². The smallest absolute Gasteiger partial charge is 0.160 e. The van der Waals surface area contributed by atoms with E-state index in [9.17, 15) is 8.42 Å². The number of nitrogens with zero attached hydrogens (tertiary/aromatic N) is 1. The number of anilines is 1. The first-order valence-electron chi connectivity index (χ1n) is 6.44. The van der Waals surface area contributed by atoms with Crippen LogP contribution in [0.15, 0.2) is 30.5 Å². The molecule has 0 atom stereocenters. The van der Waals surface area contributed by atoms with E-state index in [4.69, 9.17) is 17.3 Å². The van der Waals surface area contributed by atoms with Crippen molar-refractivity contribution in [3.63, 3.8) is 0 Å². The minimum absolute atomic E-state index is 0.0426. The molecule has 0 amide bonds. The molecule has 1 heterocycles. The zero-order valence-electron chi connectivity index (χ0n) is 11.9. The SMILES string of the molecule is Cc1cnc(CS(=O)(=O)Cc2ccc(Cl)cc2)c(C)c1N. The summed E-state index contributed by atoms with van der Waals surface area (Å²) in [5.74, 6) is -0.162. The Morgan fingerprint density at radius 3 is 2.38 bits per heavy atom. The van der Waals surface area contributed by atoms with Crippen LogP contribution in [-0.4, -0.2) is 13.4 Å². The van der Waals surface area contributed by atoms with E-state index in [1.807, 2.05) is 6.92 Å². The van der Waals surface area contributed by atoms with Crippen LogP contribution >= 0.6 is 11.6 Å². The minimum Gasteiger partial charge on any atom is -0.398 e. The number of nitrogen functional groups attached to an aromatic ring is 1. The number of hydrogen-bond acceptors (Lipinski definition) is 4. The van der Waals surface area contributed by atoms with Crippen molar-refractivity contribution in [2.24, 2.45) is 0 Å². The summed E-state index contributed by atoms with van der Waals surface area (Å²) in [6, 6.07) is 6.78. The number of hydrogen-bond donors (Lipinski definition) is 1. The summed E-state index contributed by atoms with van der Waals surface area (Å²) in [5, 5.41) is 0.583. The van der Waals surface area contributed by atoms with Gasteiger partial charge in [0.25, 0.3) is 0 Å². The highest BCUT2D eigenvalue weighted by Gasteiger charge is 2.17. The van der Waals surface area contributed by atoms with Gasteiger partial charge in [0.2, 0.25) is 0 Å². The van der Waals surface area contributed by atoms with Crippen molar-refractivity contribution < 1.29 is 8.42 Å². The molecule has 112 valence electrons. The highest BCUT2D eigenvalue weighted by Crippen LogP contribution is 2.21. The van der Waals surface area contributed by atoms with Crippen LogP contribution in [0, 0.1) is 13.8 Å². The van der Waals surface area contributed by atoms with E-state index >= 15 is 0 Å². The van der Waals surface area contributed by atoms with Gasteiger partial charge in [-0.2, -0.15) is 0 Å². The molecule has 0 spiro atoms. The monoisotopic (exact) mass is 324 g/mol. The number of rotatable bonds is 4. The Bertz CT molecular complexity index is 756. The van der Waals surface area contributed by atoms with Gasteiger partial charge in [-0.1, -0.05) is 23.7 Å². The molecular formula is C15H17ClN2O2S. The molecule has 0 aliphatic heterocycles. The molecule has 0 fully saturated rings. The molecule has 2 N–H and O–H groups in total. The quantitative estimate of drug-likeness (QED) is 0.938. The van der Waals surface area contributed by atoms with E-state index in [2.05, 4.69) is 4.98 Å². The van der Waals surface area contributed by atoms with Gasteiger partial charge in [-0.05, 0) is 42.7 Å². The Balaban J connectivity index is 2.22. The molecule has 0 aliphatic carbocycles. The molecule has 21 heavy (non-hydrogen) atoms. The number of sulfone groups is 1. The number of pyridine rings is 1. The average molecular weight is 325 g/mol. The molecule has 6 heteroatoms. The fourth-order valence-electron chi connectivity index (χ4n) is 2.03. The van der Waals surface area contributed by atoms with Crippen LogP contribution < -0.4 is 5.73 Å². The number of nitrogens with two attached hydrogens (primary N) is 1. The van der Waals surface area contributed by atoms with Crippen LogP contribution in [-0.2, 0) is 21.3 Å². The maximum absolute atomic E-state index is 12.3. The van der Waals surface area contributed by atoms with Gasteiger partial charge in [-0.15, -0.1) is 0 Å². The molecule has 0 radical (unpaired) electrons. The van der Waals surface area contributed by atoms with Crippen LogP contribution in [0.2, 0.25) is 5.02 Å². The molecular weight excluding hydrogens is 308 g/mol. The highest BCUT2D eigenvalue weighted by molar-refractivity contribution is 7.89. The number of aromatic nitrogens is 1. The Labute approximate surface area is 129 Å². The zero-order valence-corrected chi connectivity index (χ0v) is 13.5. The molecule has 4 nitrogen and oxygen atoms in total. The average Bonchev–Trinajstić information content (AvgIpc) is 2.42. The van der Waals surface area contributed by atoms with Gasteiger partial charge < -0.3 is 5.73 Å². The maximum Gasteiger partial charge on any atom is 0.160 e. The largest absolute Gasteiger partial charge is 0.398 e. The lowest BCUT2D eigenvalue weighted by atomic mass is 10.1. The summed E-state index contributed by atoms with van der Waals surface area (Å²) in [4.78, 5) is 4.20. The first kappa shape index (κ1) is 15.8. The summed E-state index contributed by atoms with van der Waals surface area (Å²) >= 11 is 5.79. The maximum atomic E-state index is 12.3.